The van der Waals surface area contributed by atoms with Crippen LogP contribution in [0, 0.1) is 0 Å². The third-order valence-electron chi connectivity index (χ3n) is 2.70. The van der Waals surface area contributed by atoms with Gasteiger partial charge in [0.1, 0.15) is 11.9 Å². The van der Waals surface area contributed by atoms with E-state index in [4.69, 9.17) is 4.74 Å². The Labute approximate surface area is 112 Å². The standard InChI is InChI=1S/C14H20F3NO/c1-4-11(9-18-10(2)3)19-13-8-6-5-7-12(13)14(15,16)17/h5-8,10-11,18H,4,9H2,1-3H3. The molecule has 0 spiro atoms. The van der Waals surface area contributed by atoms with Gasteiger partial charge in [0.05, 0.1) is 5.56 Å². The molecule has 19 heavy (non-hydrogen) atoms. The van der Waals surface area contributed by atoms with Gasteiger partial charge in [0.15, 0.2) is 0 Å². The topological polar surface area (TPSA) is 21.3 Å². The number of hydrogen-bond donors (Lipinski definition) is 1. The molecule has 0 bridgehead atoms. The zero-order valence-electron chi connectivity index (χ0n) is 11.4. The first-order chi connectivity index (χ1) is 8.84. The molecule has 0 aliphatic heterocycles. The predicted molar refractivity (Wildman–Crippen MR) is 69.3 cm³/mol. The number of alkyl halides is 3. The number of hydrogen-bond acceptors (Lipinski definition) is 2. The van der Waals surface area contributed by atoms with Crippen molar-refractivity contribution >= 4 is 0 Å². The van der Waals surface area contributed by atoms with Crippen molar-refractivity contribution in [2.75, 3.05) is 6.54 Å². The number of nitrogens with one attached hydrogen (secondary N) is 1. The second-order valence-corrected chi connectivity index (χ2v) is 4.70. The molecule has 1 aromatic carbocycles. The minimum atomic E-state index is -4.39. The van der Waals surface area contributed by atoms with Gasteiger partial charge in [0.25, 0.3) is 0 Å². The quantitative estimate of drug-likeness (QED) is 0.851. The highest BCUT2D eigenvalue weighted by molar-refractivity contribution is 5.35. The molecule has 0 fully saturated rings. The number of ether oxygens (including phenoxy) is 1. The van der Waals surface area contributed by atoms with Crippen LogP contribution < -0.4 is 10.1 Å². The molecule has 2 nitrogen and oxygen atoms in total. The van der Waals surface area contributed by atoms with Crippen LogP contribution in [-0.2, 0) is 6.18 Å². The Morgan fingerprint density at radius 2 is 1.84 bits per heavy atom. The largest absolute Gasteiger partial charge is 0.488 e. The van der Waals surface area contributed by atoms with Gasteiger partial charge < -0.3 is 10.1 Å². The molecule has 1 rings (SSSR count). The zero-order valence-corrected chi connectivity index (χ0v) is 11.4. The van der Waals surface area contributed by atoms with E-state index in [9.17, 15) is 13.2 Å². The van der Waals surface area contributed by atoms with Gasteiger partial charge in [-0.2, -0.15) is 13.2 Å². The van der Waals surface area contributed by atoms with E-state index in [1.54, 1.807) is 6.07 Å². The third kappa shape index (κ3) is 5.11. The molecule has 0 heterocycles. The van der Waals surface area contributed by atoms with Crippen LogP contribution in [0.4, 0.5) is 13.2 Å². The van der Waals surface area contributed by atoms with Crippen LogP contribution in [0.25, 0.3) is 0 Å². The molecule has 0 aromatic heterocycles. The second-order valence-electron chi connectivity index (χ2n) is 4.70. The van der Waals surface area contributed by atoms with Crippen LogP contribution in [0.1, 0.15) is 32.8 Å². The number of halogens is 3. The molecular weight excluding hydrogens is 255 g/mol. The summed E-state index contributed by atoms with van der Waals surface area (Å²) in [7, 11) is 0. The fraction of sp³-hybridized carbons (Fsp3) is 0.571. The predicted octanol–water partition coefficient (Wildman–Crippen LogP) is 3.86. The summed E-state index contributed by atoms with van der Waals surface area (Å²) in [5.41, 5.74) is -0.724. The summed E-state index contributed by atoms with van der Waals surface area (Å²) < 4.78 is 44.0. The van der Waals surface area contributed by atoms with E-state index >= 15 is 0 Å². The lowest BCUT2D eigenvalue weighted by molar-refractivity contribution is -0.139. The first-order valence-corrected chi connectivity index (χ1v) is 6.40. The third-order valence-corrected chi connectivity index (χ3v) is 2.70. The number of benzene rings is 1. The summed E-state index contributed by atoms with van der Waals surface area (Å²) in [4.78, 5) is 0. The van der Waals surface area contributed by atoms with E-state index in [1.165, 1.54) is 12.1 Å². The van der Waals surface area contributed by atoms with E-state index in [2.05, 4.69) is 5.32 Å². The van der Waals surface area contributed by atoms with E-state index in [1.807, 2.05) is 20.8 Å². The Bertz CT molecular complexity index is 391. The van der Waals surface area contributed by atoms with Crippen LogP contribution >= 0.6 is 0 Å². The molecule has 0 saturated heterocycles. The highest BCUT2D eigenvalue weighted by atomic mass is 19.4. The van der Waals surface area contributed by atoms with E-state index in [0.717, 1.165) is 6.07 Å². The summed E-state index contributed by atoms with van der Waals surface area (Å²) in [6, 6.07) is 5.59. The molecule has 0 aliphatic rings. The van der Waals surface area contributed by atoms with Gasteiger partial charge in [0, 0.05) is 12.6 Å². The fourth-order valence-corrected chi connectivity index (χ4v) is 1.62. The highest BCUT2D eigenvalue weighted by Crippen LogP contribution is 2.36. The first kappa shape index (κ1) is 15.8. The van der Waals surface area contributed by atoms with Gasteiger partial charge >= 0.3 is 6.18 Å². The average molecular weight is 275 g/mol. The van der Waals surface area contributed by atoms with Crippen molar-refractivity contribution < 1.29 is 17.9 Å². The van der Waals surface area contributed by atoms with Crippen molar-refractivity contribution in [2.24, 2.45) is 0 Å². The lowest BCUT2D eigenvalue weighted by atomic mass is 10.2. The second kappa shape index (κ2) is 6.80. The van der Waals surface area contributed by atoms with Crippen molar-refractivity contribution in [1.29, 1.82) is 0 Å². The molecule has 0 radical (unpaired) electrons. The summed E-state index contributed by atoms with van der Waals surface area (Å²) >= 11 is 0. The maximum absolute atomic E-state index is 12.8. The fourth-order valence-electron chi connectivity index (χ4n) is 1.62. The maximum Gasteiger partial charge on any atom is 0.419 e. The molecule has 1 N–H and O–H groups in total. The number of rotatable bonds is 6. The summed E-state index contributed by atoms with van der Waals surface area (Å²) in [6.45, 7) is 6.38. The summed E-state index contributed by atoms with van der Waals surface area (Å²) in [6.07, 6.45) is -4.02. The number of para-hydroxylation sites is 1. The minimum Gasteiger partial charge on any atom is -0.488 e. The van der Waals surface area contributed by atoms with Gasteiger partial charge in [0.2, 0.25) is 0 Å². The molecule has 108 valence electrons. The van der Waals surface area contributed by atoms with Crippen LogP contribution in [0.3, 0.4) is 0 Å². The van der Waals surface area contributed by atoms with Gasteiger partial charge in [-0.25, -0.2) is 0 Å². The highest BCUT2D eigenvalue weighted by Gasteiger charge is 2.34. The van der Waals surface area contributed by atoms with Crippen LogP contribution in [0.2, 0.25) is 0 Å². The molecular formula is C14H20F3NO. The zero-order chi connectivity index (χ0) is 14.5. The van der Waals surface area contributed by atoms with Crippen molar-refractivity contribution in [3.63, 3.8) is 0 Å². The Hall–Kier alpha value is -1.23. The maximum atomic E-state index is 12.8. The van der Waals surface area contributed by atoms with Crippen molar-refractivity contribution in [3.05, 3.63) is 29.8 Å². The Kier molecular flexibility index (Phi) is 5.66. The lowest BCUT2D eigenvalue weighted by Gasteiger charge is -2.22. The van der Waals surface area contributed by atoms with Crippen molar-refractivity contribution in [1.82, 2.24) is 5.32 Å². The molecule has 1 unspecified atom stereocenters. The van der Waals surface area contributed by atoms with Crippen molar-refractivity contribution in [2.45, 2.75) is 45.5 Å². The molecule has 0 aliphatic carbocycles. The van der Waals surface area contributed by atoms with Crippen molar-refractivity contribution in [3.8, 4) is 5.75 Å². The van der Waals surface area contributed by atoms with Gasteiger partial charge in [-0.1, -0.05) is 32.9 Å². The molecule has 0 saturated carbocycles. The van der Waals surface area contributed by atoms with E-state index in [0.29, 0.717) is 13.0 Å². The van der Waals surface area contributed by atoms with Gasteiger partial charge in [-0.3, -0.25) is 0 Å². The van der Waals surface area contributed by atoms with Crippen LogP contribution in [0.15, 0.2) is 24.3 Å². The molecule has 5 heteroatoms. The molecule has 1 aromatic rings. The SMILES string of the molecule is CCC(CNC(C)C)Oc1ccccc1C(F)(F)F. The summed E-state index contributed by atoms with van der Waals surface area (Å²) in [5, 5.41) is 3.17. The van der Waals surface area contributed by atoms with E-state index < -0.39 is 11.7 Å². The first-order valence-electron chi connectivity index (χ1n) is 6.40. The minimum absolute atomic E-state index is 0.104. The molecule has 0 amide bonds. The van der Waals surface area contributed by atoms with Gasteiger partial charge in [-0.15, -0.1) is 0 Å². The summed E-state index contributed by atoms with van der Waals surface area (Å²) in [5.74, 6) is -0.104. The smallest absolute Gasteiger partial charge is 0.419 e. The van der Waals surface area contributed by atoms with Gasteiger partial charge in [-0.05, 0) is 18.6 Å². The van der Waals surface area contributed by atoms with E-state index in [-0.39, 0.29) is 17.9 Å². The monoisotopic (exact) mass is 275 g/mol. The average Bonchev–Trinajstić information content (AvgIpc) is 2.33. The Morgan fingerprint density at radius 3 is 2.37 bits per heavy atom. The van der Waals surface area contributed by atoms with Crippen LogP contribution in [-0.4, -0.2) is 18.7 Å². The normalized spacial score (nSPS) is 13.6. The Morgan fingerprint density at radius 1 is 1.21 bits per heavy atom. The van der Waals surface area contributed by atoms with Crippen LogP contribution in [0.5, 0.6) is 5.75 Å². The molecule has 1 atom stereocenters. The lowest BCUT2D eigenvalue weighted by Crippen LogP contribution is -2.35. The Balaban J connectivity index is 2.80.